The third-order valence-corrected chi connectivity index (χ3v) is 22.0. The molecule has 0 bridgehead atoms. The fourth-order valence-electron chi connectivity index (χ4n) is 14.3. The molecule has 0 radical (unpaired) electrons. The van der Waals surface area contributed by atoms with E-state index in [1.165, 1.54) is 32.1 Å². The topological polar surface area (TPSA) is 345 Å². The number of rotatable bonds is 52. The summed E-state index contributed by atoms with van der Waals surface area (Å²) < 4.78 is 89.8. The maximum Gasteiger partial charge on any atom is 0.338 e. The Hall–Kier alpha value is -9.19. The summed E-state index contributed by atoms with van der Waals surface area (Å²) in [6.45, 7) is 12.6. The normalized spacial score (nSPS) is 14.7. The summed E-state index contributed by atoms with van der Waals surface area (Å²) in [5.41, 5.74) is 1.28. The molecule has 4 aromatic carbocycles. The molecule has 5 saturated carbocycles. The van der Waals surface area contributed by atoms with E-state index in [0.29, 0.717) is 134 Å². The Morgan fingerprint density at radius 2 is 0.426 bits per heavy atom. The predicted octanol–water partition coefficient (Wildman–Crippen LogP) is 18.2. The van der Waals surface area contributed by atoms with Crippen molar-refractivity contribution in [2.24, 2.45) is 35.0 Å². The summed E-state index contributed by atoms with van der Waals surface area (Å²) in [4.78, 5) is 131. The highest BCUT2D eigenvalue weighted by molar-refractivity contribution is 5.91. The van der Waals surface area contributed by atoms with Gasteiger partial charge >= 0.3 is 65.7 Å². The number of hydrogen-bond donors (Lipinski definition) is 0. The van der Waals surface area contributed by atoms with Crippen LogP contribution in [0.4, 0.5) is 0 Å². The highest BCUT2D eigenvalue weighted by Gasteiger charge is 2.38. The Bertz CT molecular complexity index is 3330. The Morgan fingerprint density at radius 3 is 0.636 bits per heavy atom. The summed E-state index contributed by atoms with van der Waals surface area (Å²) in [5, 5.41) is 0. The number of benzene rings is 4. The minimum atomic E-state index is -0.695. The molecule has 0 N–H and O–H groups in total. The zero-order valence-electron chi connectivity index (χ0n) is 75.8. The molecule has 0 aliphatic heterocycles. The first-order valence-corrected chi connectivity index (χ1v) is 46.5. The van der Waals surface area contributed by atoms with Crippen LogP contribution in [0.3, 0.4) is 0 Å². The van der Waals surface area contributed by atoms with Crippen LogP contribution in [-0.2, 0) is 114 Å². The van der Waals surface area contributed by atoms with Crippen LogP contribution in [0.5, 0.6) is 0 Å². The van der Waals surface area contributed by atoms with Gasteiger partial charge in [0.1, 0.15) is 72.7 Å². The molecule has 0 aromatic heterocycles. The standard InChI is InChI=1S/C27H44O6.C20H34O6.C20H22O6.C16H30O6.C16H14O4.2CH4/c1-2-27(18-31-24(28)21-12-6-3-7-13-21,19-32-25(29)22-14-8-4-9-15-22)20-33-26(30)23-16-10-5-11-17-23;2*21-19(17-7-3-1-4-8-17)25-15-13-23-11-12-24-14-16-26-20(22)18-9-5-2-6-10-18;1-3-5-7-15(17)21-13-11-19-9-10-20-12-14-22-16(18)8-6-4-2;17-15(13-7-3-1-4-8-13)19-11-12-20-16(18)14-9-5-2-6-10-14;;/h21-23H,2-20H2,1H3;17-18H,1-16H2;1-10H,11-16H2;3-14H2,1-2H3;1-10H,11-12H2;2*1H4. The first-order valence-electron chi connectivity index (χ1n) is 46.5. The van der Waals surface area contributed by atoms with Crippen LogP contribution < -0.4 is 0 Å². The van der Waals surface area contributed by atoms with Crippen molar-refractivity contribution in [1.82, 2.24) is 0 Å². The summed E-state index contributed by atoms with van der Waals surface area (Å²) in [6, 6.07) is 34.9. The number of carbonyl (C=O) groups is 11. The van der Waals surface area contributed by atoms with E-state index >= 15 is 0 Å². The van der Waals surface area contributed by atoms with Crippen LogP contribution in [0, 0.1) is 35.0 Å². The van der Waals surface area contributed by atoms with Gasteiger partial charge in [-0.25, -0.2) is 19.2 Å². The Kier molecular flexibility index (Phi) is 65.8. The van der Waals surface area contributed by atoms with Gasteiger partial charge < -0.3 is 80.5 Å². The van der Waals surface area contributed by atoms with E-state index in [0.717, 1.165) is 154 Å². The molecule has 0 saturated heterocycles. The largest absolute Gasteiger partial charge is 0.465 e. The predicted molar refractivity (Wildman–Crippen MR) is 487 cm³/mol. The Labute approximate surface area is 766 Å². The van der Waals surface area contributed by atoms with Gasteiger partial charge in [-0.2, -0.15) is 0 Å². The van der Waals surface area contributed by atoms with Crippen LogP contribution >= 0.6 is 0 Å². The van der Waals surface area contributed by atoms with Gasteiger partial charge in [-0.15, -0.1) is 0 Å². The first-order chi connectivity index (χ1) is 62.0. The van der Waals surface area contributed by atoms with E-state index in [4.69, 9.17) is 80.5 Å². The lowest BCUT2D eigenvalue weighted by Crippen LogP contribution is -2.41. The molecule has 5 aliphatic carbocycles. The molecule has 0 atom stereocenters. The zero-order chi connectivity index (χ0) is 91.1. The van der Waals surface area contributed by atoms with Gasteiger partial charge in [0, 0.05) is 12.8 Å². The summed E-state index contributed by atoms with van der Waals surface area (Å²) in [5.74, 6) is -2.54. The summed E-state index contributed by atoms with van der Waals surface area (Å²) in [6.07, 6.45) is 31.2. The second-order valence-corrected chi connectivity index (χ2v) is 32.0. The number of hydrogen-bond acceptors (Lipinski definition) is 28. The lowest BCUT2D eigenvalue weighted by atomic mass is 9.86. The van der Waals surface area contributed by atoms with Gasteiger partial charge in [-0.1, -0.05) is 218 Å². The van der Waals surface area contributed by atoms with E-state index in [2.05, 4.69) is 0 Å². The van der Waals surface area contributed by atoms with Gasteiger partial charge in [0.25, 0.3) is 0 Å². The lowest BCUT2D eigenvalue weighted by molar-refractivity contribution is -0.169. The Balaban J connectivity index is 0.000000418. The molecular weight excluding hydrogens is 1660 g/mol. The van der Waals surface area contributed by atoms with Gasteiger partial charge in [0.05, 0.1) is 137 Å². The molecule has 0 heterocycles. The highest BCUT2D eigenvalue weighted by Crippen LogP contribution is 2.33. The van der Waals surface area contributed by atoms with E-state index in [-0.39, 0.29) is 158 Å². The number of ether oxygens (including phenoxy) is 17. The van der Waals surface area contributed by atoms with E-state index in [9.17, 15) is 52.7 Å². The maximum atomic E-state index is 12.7. The van der Waals surface area contributed by atoms with Crippen molar-refractivity contribution in [1.29, 1.82) is 0 Å². The summed E-state index contributed by atoms with van der Waals surface area (Å²) >= 11 is 0. The second-order valence-electron chi connectivity index (χ2n) is 32.0. The molecule has 0 spiro atoms. The van der Waals surface area contributed by atoms with Crippen molar-refractivity contribution in [3.63, 3.8) is 0 Å². The zero-order valence-corrected chi connectivity index (χ0v) is 75.8. The van der Waals surface area contributed by atoms with Crippen molar-refractivity contribution in [2.45, 2.75) is 241 Å². The minimum absolute atomic E-state index is 0. The van der Waals surface area contributed by atoms with Crippen molar-refractivity contribution in [3.8, 4) is 0 Å². The average molecular weight is 1810 g/mol. The molecule has 4 aromatic rings. The SMILES string of the molecule is C.C.CCC(COC(=O)C1CCCCC1)(COC(=O)C1CCCCC1)COC(=O)C1CCCCC1.CCCCC(=O)OCCOCCOCCOC(=O)CCCC.O=C(OCCOC(=O)c1ccccc1)c1ccccc1.O=C(OCCOCCOCCOC(=O)C1CCCCC1)C1CCCCC1.O=C(OCCOCCOCCOC(=O)c1ccccc1)c1ccccc1. The van der Waals surface area contributed by atoms with Gasteiger partial charge in [0.15, 0.2) is 0 Å². The maximum absolute atomic E-state index is 12.7. The molecule has 0 unspecified atom stereocenters. The molecule has 28 nitrogen and oxygen atoms in total. The quantitative estimate of drug-likeness (QED) is 0.0225. The van der Waals surface area contributed by atoms with E-state index in [1.54, 1.807) is 97.1 Å². The third kappa shape index (κ3) is 53.7. The highest BCUT2D eigenvalue weighted by atomic mass is 16.6. The summed E-state index contributed by atoms with van der Waals surface area (Å²) in [7, 11) is 0. The van der Waals surface area contributed by atoms with Crippen molar-refractivity contribution in [2.75, 3.05) is 152 Å². The van der Waals surface area contributed by atoms with Crippen LogP contribution in [0.1, 0.15) is 283 Å². The van der Waals surface area contributed by atoms with Gasteiger partial charge in [0.2, 0.25) is 0 Å². The molecule has 129 heavy (non-hydrogen) atoms. The van der Waals surface area contributed by atoms with Crippen LogP contribution in [-0.4, -0.2) is 218 Å². The number of unbranched alkanes of at least 4 members (excludes halogenated alkanes) is 2. The van der Waals surface area contributed by atoms with Crippen molar-refractivity contribution in [3.05, 3.63) is 144 Å². The molecule has 9 rings (SSSR count). The Morgan fingerprint density at radius 1 is 0.240 bits per heavy atom. The van der Waals surface area contributed by atoms with Gasteiger partial charge in [-0.05, 0) is 132 Å². The van der Waals surface area contributed by atoms with Crippen molar-refractivity contribution < 1.29 is 133 Å². The van der Waals surface area contributed by atoms with Gasteiger partial charge in [-0.3, -0.25) is 33.6 Å². The lowest BCUT2D eigenvalue weighted by Gasteiger charge is -2.33. The van der Waals surface area contributed by atoms with E-state index in [1.807, 2.05) is 45.0 Å². The number of carbonyl (C=O) groups excluding carboxylic acids is 11. The molecule has 724 valence electrons. The van der Waals surface area contributed by atoms with Crippen LogP contribution in [0.15, 0.2) is 121 Å². The van der Waals surface area contributed by atoms with E-state index < -0.39 is 17.4 Å². The van der Waals surface area contributed by atoms with Crippen LogP contribution in [0.2, 0.25) is 0 Å². The second kappa shape index (κ2) is 74.5. The van der Waals surface area contributed by atoms with Crippen molar-refractivity contribution >= 4 is 65.7 Å². The average Bonchev–Trinajstić information content (AvgIpc) is 0.842. The smallest absolute Gasteiger partial charge is 0.338 e. The third-order valence-electron chi connectivity index (χ3n) is 22.0. The molecule has 28 heteroatoms. The first kappa shape index (κ1) is 114. The fraction of sp³-hybridized carbons (Fsp3) is 0.653. The fourth-order valence-corrected chi connectivity index (χ4v) is 14.3. The monoisotopic (exact) mass is 1810 g/mol. The molecular formula is C101H152O28. The molecule has 0 amide bonds. The number of esters is 11. The minimum Gasteiger partial charge on any atom is -0.465 e. The molecule has 5 fully saturated rings. The van der Waals surface area contributed by atoms with Crippen LogP contribution in [0.25, 0.3) is 0 Å². The molecule has 5 aliphatic rings.